The molecule has 2 aromatic heterocycles. The fourth-order valence-corrected chi connectivity index (χ4v) is 3.51. The Morgan fingerprint density at radius 3 is 2.56 bits per heavy atom. The Hall–Kier alpha value is -3.38. The summed E-state index contributed by atoms with van der Waals surface area (Å²) in [6.07, 6.45) is 1.76. The fraction of sp³-hybridized carbons (Fsp3) is 0.0476. The van der Waals surface area contributed by atoms with Gasteiger partial charge < -0.3 is 10.1 Å². The molecule has 0 spiro atoms. The Bertz CT molecular complexity index is 1060. The molecule has 0 saturated heterocycles. The molecule has 1 amide bonds. The minimum atomic E-state index is -0.231. The molecule has 0 aliphatic rings. The minimum absolute atomic E-state index is 0.231. The molecule has 5 nitrogen and oxygen atoms in total. The number of hydrogen-bond acceptors (Lipinski definition) is 4. The maximum Gasteiger partial charge on any atom is 0.259 e. The molecule has 27 heavy (non-hydrogen) atoms. The highest BCUT2D eigenvalue weighted by Crippen LogP contribution is 2.30. The number of amides is 1. The number of carbonyl (C=O) groups is 1. The van der Waals surface area contributed by atoms with E-state index in [0.717, 1.165) is 10.6 Å². The van der Waals surface area contributed by atoms with Gasteiger partial charge in [0.2, 0.25) is 0 Å². The zero-order valence-electron chi connectivity index (χ0n) is 14.6. The van der Waals surface area contributed by atoms with Crippen LogP contribution in [0.2, 0.25) is 0 Å². The van der Waals surface area contributed by atoms with E-state index in [-0.39, 0.29) is 5.91 Å². The maximum atomic E-state index is 13.0. The predicted octanol–water partition coefficient (Wildman–Crippen LogP) is 4.86. The summed E-state index contributed by atoms with van der Waals surface area (Å²) >= 11 is 1.55. The molecule has 2 aromatic carbocycles. The van der Waals surface area contributed by atoms with Gasteiger partial charge in [-0.2, -0.15) is 5.10 Å². The second-order valence-electron chi connectivity index (χ2n) is 5.80. The second kappa shape index (κ2) is 7.47. The lowest BCUT2D eigenvalue weighted by Crippen LogP contribution is -2.12. The largest absolute Gasteiger partial charge is 0.495 e. The van der Waals surface area contributed by atoms with Crippen molar-refractivity contribution in [2.45, 2.75) is 0 Å². The molecule has 4 aromatic rings. The number of aromatic nitrogens is 2. The Balaban J connectivity index is 1.74. The number of para-hydroxylation sites is 3. The molecule has 0 atom stereocenters. The van der Waals surface area contributed by atoms with Crippen LogP contribution in [0.5, 0.6) is 5.75 Å². The SMILES string of the molecule is COc1ccccc1NC(=O)c1cn(-c2ccccc2)nc1-c1cccs1. The number of nitrogens with zero attached hydrogens (tertiary/aromatic N) is 2. The van der Waals surface area contributed by atoms with Gasteiger partial charge in [-0.15, -0.1) is 11.3 Å². The van der Waals surface area contributed by atoms with Crippen LogP contribution in [0.15, 0.2) is 78.3 Å². The van der Waals surface area contributed by atoms with Gasteiger partial charge in [0.05, 0.1) is 28.9 Å². The Morgan fingerprint density at radius 2 is 1.81 bits per heavy atom. The third-order valence-corrected chi connectivity index (χ3v) is 4.97. The molecule has 0 aliphatic carbocycles. The van der Waals surface area contributed by atoms with Gasteiger partial charge in [0.1, 0.15) is 11.4 Å². The third kappa shape index (κ3) is 3.47. The zero-order valence-corrected chi connectivity index (χ0v) is 15.4. The van der Waals surface area contributed by atoms with Crippen molar-refractivity contribution in [1.29, 1.82) is 0 Å². The lowest BCUT2D eigenvalue weighted by atomic mass is 10.2. The van der Waals surface area contributed by atoms with E-state index < -0.39 is 0 Å². The Labute approximate surface area is 160 Å². The van der Waals surface area contributed by atoms with E-state index in [4.69, 9.17) is 4.74 Å². The molecular weight excluding hydrogens is 358 g/mol. The van der Waals surface area contributed by atoms with Gasteiger partial charge in [-0.05, 0) is 35.7 Å². The highest BCUT2D eigenvalue weighted by molar-refractivity contribution is 7.13. The average molecular weight is 375 g/mol. The highest BCUT2D eigenvalue weighted by Gasteiger charge is 2.20. The van der Waals surface area contributed by atoms with E-state index in [1.165, 1.54) is 0 Å². The number of carbonyl (C=O) groups excluding carboxylic acids is 1. The lowest BCUT2D eigenvalue weighted by Gasteiger charge is -2.09. The van der Waals surface area contributed by atoms with Gasteiger partial charge >= 0.3 is 0 Å². The van der Waals surface area contributed by atoms with Gasteiger partial charge in [0.15, 0.2) is 0 Å². The Morgan fingerprint density at radius 1 is 1.04 bits per heavy atom. The summed E-state index contributed by atoms with van der Waals surface area (Å²) in [5.74, 6) is 0.379. The van der Waals surface area contributed by atoms with Crippen LogP contribution < -0.4 is 10.1 Å². The minimum Gasteiger partial charge on any atom is -0.495 e. The van der Waals surface area contributed by atoms with Crippen LogP contribution in [-0.4, -0.2) is 22.8 Å². The molecule has 6 heteroatoms. The molecule has 4 rings (SSSR count). The number of thiophene rings is 1. The molecule has 0 saturated carbocycles. The first-order chi connectivity index (χ1) is 13.3. The zero-order chi connectivity index (χ0) is 18.6. The molecule has 0 fully saturated rings. The second-order valence-corrected chi connectivity index (χ2v) is 6.75. The molecule has 0 aliphatic heterocycles. The van der Waals surface area contributed by atoms with E-state index >= 15 is 0 Å². The lowest BCUT2D eigenvalue weighted by molar-refractivity contribution is 0.102. The van der Waals surface area contributed by atoms with Gasteiger partial charge in [-0.1, -0.05) is 36.4 Å². The normalized spacial score (nSPS) is 10.6. The summed E-state index contributed by atoms with van der Waals surface area (Å²) in [6, 6.07) is 21.0. The number of methoxy groups -OCH3 is 1. The molecule has 1 N–H and O–H groups in total. The monoisotopic (exact) mass is 375 g/mol. The Kier molecular flexibility index (Phi) is 4.72. The number of anilines is 1. The highest BCUT2D eigenvalue weighted by atomic mass is 32.1. The molecular formula is C21H17N3O2S. The van der Waals surface area contributed by atoms with Gasteiger partial charge in [-0.25, -0.2) is 4.68 Å². The summed E-state index contributed by atoms with van der Waals surface area (Å²) in [6.45, 7) is 0. The first-order valence-corrected chi connectivity index (χ1v) is 9.27. The summed E-state index contributed by atoms with van der Waals surface area (Å²) in [5.41, 5.74) is 2.68. The molecule has 0 radical (unpaired) electrons. The van der Waals surface area contributed by atoms with E-state index in [1.807, 2.05) is 72.1 Å². The van der Waals surface area contributed by atoms with Crippen LogP contribution in [0.3, 0.4) is 0 Å². The fourth-order valence-electron chi connectivity index (χ4n) is 2.79. The number of benzene rings is 2. The van der Waals surface area contributed by atoms with Crippen LogP contribution in [0, 0.1) is 0 Å². The number of ether oxygens (including phenoxy) is 1. The van der Waals surface area contributed by atoms with Gasteiger partial charge in [-0.3, -0.25) is 4.79 Å². The predicted molar refractivity (Wildman–Crippen MR) is 108 cm³/mol. The summed E-state index contributed by atoms with van der Waals surface area (Å²) in [7, 11) is 1.58. The summed E-state index contributed by atoms with van der Waals surface area (Å²) in [5, 5.41) is 9.57. The summed E-state index contributed by atoms with van der Waals surface area (Å²) in [4.78, 5) is 14.0. The van der Waals surface area contributed by atoms with E-state index in [2.05, 4.69) is 10.4 Å². The number of hydrogen-bond donors (Lipinski definition) is 1. The van der Waals surface area contributed by atoms with Gasteiger partial charge in [0.25, 0.3) is 5.91 Å². The van der Waals surface area contributed by atoms with Crippen molar-refractivity contribution in [2.75, 3.05) is 12.4 Å². The van der Waals surface area contributed by atoms with Crippen molar-refractivity contribution in [2.24, 2.45) is 0 Å². The topological polar surface area (TPSA) is 56.1 Å². The summed E-state index contributed by atoms with van der Waals surface area (Å²) < 4.78 is 7.05. The van der Waals surface area contributed by atoms with Crippen molar-refractivity contribution in [1.82, 2.24) is 9.78 Å². The standard InChI is InChI=1S/C21H17N3O2S/c1-26-18-11-6-5-10-17(18)22-21(25)16-14-24(15-8-3-2-4-9-15)23-20(16)19-12-7-13-27-19/h2-14H,1H3,(H,22,25). The van der Waals surface area contributed by atoms with Crippen LogP contribution in [0.1, 0.15) is 10.4 Å². The first-order valence-electron chi connectivity index (χ1n) is 8.39. The molecule has 134 valence electrons. The number of nitrogens with one attached hydrogen (secondary N) is 1. The molecule has 0 bridgehead atoms. The van der Waals surface area contributed by atoms with Crippen LogP contribution in [-0.2, 0) is 0 Å². The van der Waals surface area contributed by atoms with Crippen LogP contribution in [0.4, 0.5) is 5.69 Å². The first kappa shape index (κ1) is 17.1. The quantitative estimate of drug-likeness (QED) is 0.542. The van der Waals surface area contributed by atoms with Crippen LogP contribution >= 0.6 is 11.3 Å². The van der Waals surface area contributed by atoms with Crippen molar-refractivity contribution in [3.63, 3.8) is 0 Å². The van der Waals surface area contributed by atoms with Crippen LogP contribution in [0.25, 0.3) is 16.3 Å². The van der Waals surface area contributed by atoms with Crippen molar-refractivity contribution in [3.8, 4) is 22.0 Å². The van der Waals surface area contributed by atoms with E-state index in [0.29, 0.717) is 22.7 Å². The molecule has 0 unspecified atom stereocenters. The smallest absolute Gasteiger partial charge is 0.259 e. The average Bonchev–Trinajstić information content (AvgIpc) is 3.39. The maximum absolute atomic E-state index is 13.0. The number of rotatable bonds is 5. The molecule has 2 heterocycles. The van der Waals surface area contributed by atoms with Crippen molar-refractivity contribution < 1.29 is 9.53 Å². The van der Waals surface area contributed by atoms with E-state index in [9.17, 15) is 4.79 Å². The van der Waals surface area contributed by atoms with Crippen molar-refractivity contribution in [3.05, 3.63) is 83.9 Å². The van der Waals surface area contributed by atoms with E-state index in [1.54, 1.807) is 29.3 Å². The van der Waals surface area contributed by atoms with Crippen molar-refractivity contribution >= 4 is 22.9 Å². The van der Waals surface area contributed by atoms with Gasteiger partial charge in [0, 0.05) is 6.20 Å². The third-order valence-electron chi connectivity index (χ3n) is 4.09.